The number of rotatable bonds is 9. The van der Waals surface area contributed by atoms with Crippen LogP contribution >= 0.6 is 0 Å². The zero-order valence-corrected chi connectivity index (χ0v) is 11.7. The summed E-state index contributed by atoms with van der Waals surface area (Å²) in [7, 11) is 0. The molecule has 0 aliphatic heterocycles. The van der Waals surface area contributed by atoms with E-state index in [9.17, 15) is 9.59 Å². The molecule has 0 radical (unpaired) electrons. The van der Waals surface area contributed by atoms with E-state index in [-0.39, 0.29) is 6.61 Å². The van der Waals surface area contributed by atoms with Crippen LogP contribution in [-0.2, 0) is 21.0 Å². The number of nitrogens with one attached hydrogen (secondary N) is 1. The maximum absolute atomic E-state index is 11.4. The summed E-state index contributed by atoms with van der Waals surface area (Å²) in [4.78, 5) is 26.9. The minimum atomic E-state index is -1.09. The van der Waals surface area contributed by atoms with E-state index in [1.807, 2.05) is 18.2 Å². The van der Waals surface area contributed by atoms with E-state index in [0.717, 1.165) is 5.56 Å². The van der Waals surface area contributed by atoms with E-state index in [0.29, 0.717) is 25.8 Å². The van der Waals surface area contributed by atoms with Crippen LogP contribution in [0.4, 0.5) is 4.79 Å². The lowest BCUT2D eigenvalue weighted by Gasteiger charge is -2.13. The van der Waals surface area contributed by atoms with Crippen LogP contribution in [0.3, 0.4) is 0 Å². The first-order chi connectivity index (χ1) is 10.1. The lowest BCUT2D eigenvalue weighted by atomic mass is 10.1. The molecule has 0 amide bonds. The van der Waals surface area contributed by atoms with E-state index in [2.05, 4.69) is 10.3 Å². The number of carboxylic acid groups (broad SMARTS) is 1. The molecule has 1 rings (SSSR count). The molecule has 21 heavy (non-hydrogen) atoms. The van der Waals surface area contributed by atoms with Crippen molar-refractivity contribution in [1.29, 1.82) is 0 Å². The van der Waals surface area contributed by atoms with Crippen LogP contribution in [0.1, 0.15) is 24.8 Å². The first kappa shape index (κ1) is 16.9. The Morgan fingerprint density at radius 1 is 1.24 bits per heavy atom. The first-order valence-corrected chi connectivity index (χ1v) is 6.69. The second kappa shape index (κ2) is 9.73. The average molecular weight is 296 g/mol. The van der Waals surface area contributed by atoms with E-state index < -0.39 is 18.2 Å². The number of aliphatic carboxylic acids is 1. The third kappa shape index (κ3) is 7.28. The fraction of sp³-hybridized carbons (Fsp3) is 0.429. The molecule has 7 nitrogen and oxygen atoms in total. The summed E-state index contributed by atoms with van der Waals surface area (Å²) in [6.45, 7) is 0.554. The standard InChI is InChI=1S/C14H20N2O5/c15-9-5-4-8-12(13(17)18)16-21-14(19)20-10-11-6-2-1-3-7-11/h1-3,6-7,12,16H,4-5,8-10,15H2,(H,17,18)/t12-/m0/s1. The number of carbonyl (C=O) groups excluding carboxylic acids is 1. The fourth-order valence-corrected chi connectivity index (χ4v) is 1.59. The summed E-state index contributed by atoms with van der Waals surface area (Å²) < 4.78 is 4.85. The van der Waals surface area contributed by atoms with E-state index >= 15 is 0 Å². The fourth-order valence-electron chi connectivity index (χ4n) is 1.59. The van der Waals surface area contributed by atoms with Crippen molar-refractivity contribution < 1.29 is 24.3 Å². The van der Waals surface area contributed by atoms with Gasteiger partial charge in [0.2, 0.25) is 0 Å². The molecule has 0 saturated heterocycles. The second-order valence-electron chi connectivity index (χ2n) is 4.42. The van der Waals surface area contributed by atoms with Crippen molar-refractivity contribution in [2.24, 2.45) is 5.73 Å². The van der Waals surface area contributed by atoms with Gasteiger partial charge in [0.25, 0.3) is 0 Å². The van der Waals surface area contributed by atoms with Crippen LogP contribution in [-0.4, -0.2) is 29.8 Å². The predicted molar refractivity (Wildman–Crippen MR) is 75.2 cm³/mol. The van der Waals surface area contributed by atoms with Gasteiger partial charge in [0.1, 0.15) is 12.6 Å². The number of hydroxylamine groups is 1. The van der Waals surface area contributed by atoms with Crippen molar-refractivity contribution in [3.63, 3.8) is 0 Å². The minimum absolute atomic E-state index is 0.0618. The van der Waals surface area contributed by atoms with Crippen molar-refractivity contribution >= 4 is 12.1 Å². The molecule has 0 fully saturated rings. The summed E-state index contributed by atoms with van der Waals surface area (Å²) in [5, 5.41) is 8.97. The van der Waals surface area contributed by atoms with E-state index in [1.165, 1.54) is 0 Å². The third-order valence-corrected chi connectivity index (χ3v) is 2.73. The van der Waals surface area contributed by atoms with Crippen molar-refractivity contribution in [2.45, 2.75) is 31.9 Å². The van der Waals surface area contributed by atoms with Crippen LogP contribution in [0.25, 0.3) is 0 Å². The quantitative estimate of drug-likeness (QED) is 0.359. The molecular formula is C14H20N2O5. The van der Waals surface area contributed by atoms with Gasteiger partial charge in [0.15, 0.2) is 0 Å². The predicted octanol–water partition coefficient (Wildman–Crippen LogP) is 1.43. The van der Waals surface area contributed by atoms with Crippen LogP contribution in [0.2, 0.25) is 0 Å². The molecule has 7 heteroatoms. The van der Waals surface area contributed by atoms with Gasteiger partial charge in [-0.25, -0.2) is 4.79 Å². The summed E-state index contributed by atoms with van der Waals surface area (Å²) in [5.41, 5.74) is 8.35. The molecular weight excluding hydrogens is 276 g/mol. The van der Waals surface area contributed by atoms with Gasteiger partial charge in [-0.3, -0.25) is 4.79 Å². The summed E-state index contributed by atoms with van der Waals surface area (Å²) >= 11 is 0. The van der Waals surface area contributed by atoms with Crippen molar-refractivity contribution in [3.05, 3.63) is 35.9 Å². The number of hydrogen-bond donors (Lipinski definition) is 3. The summed E-state index contributed by atoms with van der Waals surface area (Å²) in [6, 6.07) is 8.12. The van der Waals surface area contributed by atoms with Crippen LogP contribution in [0.5, 0.6) is 0 Å². The molecule has 0 heterocycles. The molecule has 4 N–H and O–H groups in total. The molecule has 1 aromatic rings. The third-order valence-electron chi connectivity index (χ3n) is 2.73. The van der Waals surface area contributed by atoms with Crippen molar-refractivity contribution in [2.75, 3.05) is 6.54 Å². The number of ether oxygens (including phenoxy) is 1. The average Bonchev–Trinajstić information content (AvgIpc) is 2.49. The van der Waals surface area contributed by atoms with Gasteiger partial charge in [-0.15, -0.1) is 5.48 Å². The Kier molecular flexibility index (Phi) is 7.85. The maximum atomic E-state index is 11.4. The monoisotopic (exact) mass is 296 g/mol. The highest BCUT2D eigenvalue weighted by atomic mass is 16.8. The van der Waals surface area contributed by atoms with Gasteiger partial charge in [-0.1, -0.05) is 30.3 Å². The molecule has 0 aliphatic carbocycles. The van der Waals surface area contributed by atoms with Gasteiger partial charge >= 0.3 is 12.1 Å². The molecule has 1 aromatic carbocycles. The smallest absolute Gasteiger partial charge is 0.480 e. The summed E-state index contributed by atoms with van der Waals surface area (Å²) in [6.07, 6.45) is 0.689. The molecule has 0 aliphatic rings. The second-order valence-corrected chi connectivity index (χ2v) is 4.42. The van der Waals surface area contributed by atoms with Gasteiger partial charge in [0, 0.05) is 0 Å². The number of benzene rings is 1. The topological polar surface area (TPSA) is 111 Å². The lowest BCUT2D eigenvalue weighted by Crippen LogP contribution is -2.38. The lowest BCUT2D eigenvalue weighted by molar-refractivity contribution is -0.143. The van der Waals surface area contributed by atoms with E-state index in [4.69, 9.17) is 15.6 Å². The molecule has 1 atom stereocenters. The minimum Gasteiger partial charge on any atom is -0.480 e. The Morgan fingerprint density at radius 2 is 1.95 bits per heavy atom. The largest absolute Gasteiger partial charge is 0.528 e. The van der Waals surface area contributed by atoms with Gasteiger partial charge in [-0.05, 0) is 31.4 Å². The zero-order valence-electron chi connectivity index (χ0n) is 11.7. The van der Waals surface area contributed by atoms with Crippen molar-refractivity contribution in [1.82, 2.24) is 5.48 Å². The number of nitrogens with two attached hydrogens (primary N) is 1. The SMILES string of the molecule is NCCCC[C@H](NOC(=O)OCc1ccccc1)C(=O)O. The van der Waals surface area contributed by atoms with Gasteiger partial charge in [0.05, 0.1) is 0 Å². The first-order valence-electron chi connectivity index (χ1n) is 6.69. The Bertz CT molecular complexity index is 438. The number of carbonyl (C=O) groups is 2. The van der Waals surface area contributed by atoms with Crippen LogP contribution < -0.4 is 11.2 Å². The molecule has 0 aromatic heterocycles. The van der Waals surface area contributed by atoms with Gasteiger partial charge in [-0.2, -0.15) is 0 Å². The highest BCUT2D eigenvalue weighted by Gasteiger charge is 2.19. The van der Waals surface area contributed by atoms with Gasteiger partial charge < -0.3 is 20.4 Å². The highest BCUT2D eigenvalue weighted by molar-refractivity contribution is 5.73. The van der Waals surface area contributed by atoms with E-state index in [1.54, 1.807) is 12.1 Å². The maximum Gasteiger partial charge on any atom is 0.528 e. The van der Waals surface area contributed by atoms with Crippen LogP contribution in [0, 0.1) is 0 Å². The Labute approximate surface area is 123 Å². The number of unbranched alkanes of at least 4 members (excludes halogenated alkanes) is 1. The Morgan fingerprint density at radius 3 is 2.57 bits per heavy atom. The Balaban J connectivity index is 2.27. The number of carboxylic acids is 1. The number of hydrogen-bond acceptors (Lipinski definition) is 6. The molecule has 0 unspecified atom stereocenters. The Hall–Kier alpha value is -2.12. The summed E-state index contributed by atoms with van der Waals surface area (Å²) in [5.74, 6) is -1.09. The molecule has 0 spiro atoms. The van der Waals surface area contributed by atoms with Crippen molar-refractivity contribution in [3.8, 4) is 0 Å². The highest BCUT2D eigenvalue weighted by Crippen LogP contribution is 2.03. The van der Waals surface area contributed by atoms with Crippen LogP contribution in [0.15, 0.2) is 30.3 Å². The molecule has 116 valence electrons. The molecule has 0 bridgehead atoms. The normalized spacial score (nSPS) is 11.7. The molecule has 0 saturated carbocycles. The zero-order chi connectivity index (χ0) is 15.5.